The summed E-state index contributed by atoms with van der Waals surface area (Å²) in [5.74, 6) is -0.529. The van der Waals surface area contributed by atoms with E-state index in [1.165, 1.54) is 22.3 Å². The highest BCUT2D eigenvalue weighted by Gasteiger charge is 2.29. The van der Waals surface area contributed by atoms with Crippen LogP contribution in [0.5, 0.6) is 5.75 Å². The van der Waals surface area contributed by atoms with Crippen LogP contribution in [0.25, 0.3) is 0 Å². The van der Waals surface area contributed by atoms with E-state index in [-0.39, 0.29) is 18.1 Å². The number of nitrogens with one attached hydrogen (secondary N) is 1. The van der Waals surface area contributed by atoms with Crippen molar-refractivity contribution in [3.05, 3.63) is 44.9 Å². The van der Waals surface area contributed by atoms with Crippen LogP contribution in [0, 0.1) is 13.8 Å². The van der Waals surface area contributed by atoms with Crippen LogP contribution in [0.1, 0.15) is 32.2 Å². The second-order valence-electron chi connectivity index (χ2n) is 5.50. The number of benzene rings is 1. The maximum absolute atomic E-state index is 12.2. The standard InChI is InChI=1S/C16H16N2O4S/c1-8-3-10-5-13(22-12(10)4-9(8)2)15(19)17-6-14-18-11(7-23-14)16(20)21/h3-4,7,13H,5-6H2,1-2H3,(H,17,19)(H,20,21)/t13-/m1/s1. The zero-order valence-corrected chi connectivity index (χ0v) is 13.6. The summed E-state index contributed by atoms with van der Waals surface area (Å²) in [4.78, 5) is 26.9. The third kappa shape index (κ3) is 3.19. The first-order valence-corrected chi connectivity index (χ1v) is 8.04. The highest BCUT2D eigenvalue weighted by atomic mass is 32.1. The molecule has 1 aliphatic heterocycles. The van der Waals surface area contributed by atoms with Crippen LogP contribution in [-0.4, -0.2) is 28.1 Å². The van der Waals surface area contributed by atoms with E-state index in [4.69, 9.17) is 9.84 Å². The average Bonchev–Trinajstić information content (AvgIpc) is 3.12. The molecule has 1 aromatic heterocycles. The Morgan fingerprint density at radius 1 is 1.39 bits per heavy atom. The van der Waals surface area contributed by atoms with Gasteiger partial charge in [-0.15, -0.1) is 11.3 Å². The van der Waals surface area contributed by atoms with Gasteiger partial charge in [-0.3, -0.25) is 4.79 Å². The number of hydrogen-bond acceptors (Lipinski definition) is 5. The van der Waals surface area contributed by atoms with Crippen molar-refractivity contribution < 1.29 is 19.4 Å². The van der Waals surface area contributed by atoms with Crippen molar-refractivity contribution in [2.75, 3.05) is 0 Å². The lowest BCUT2D eigenvalue weighted by molar-refractivity contribution is -0.127. The lowest BCUT2D eigenvalue weighted by Crippen LogP contribution is -2.37. The van der Waals surface area contributed by atoms with Crippen molar-refractivity contribution in [3.8, 4) is 5.75 Å². The van der Waals surface area contributed by atoms with Crippen molar-refractivity contribution >= 4 is 23.2 Å². The van der Waals surface area contributed by atoms with Gasteiger partial charge >= 0.3 is 5.97 Å². The first kappa shape index (κ1) is 15.5. The van der Waals surface area contributed by atoms with Crippen LogP contribution in [0.3, 0.4) is 0 Å². The maximum atomic E-state index is 12.2. The Morgan fingerprint density at radius 3 is 2.83 bits per heavy atom. The number of aryl methyl sites for hydroxylation is 2. The number of carboxylic acids is 1. The number of aromatic nitrogens is 1. The molecule has 1 aliphatic rings. The molecule has 0 aliphatic carbocycles. The quantitative estimate of drug-likeness (QED) is 0.895. The van der Waals surface area contributed by atoms with Gasteiger partial charge in [0.2, 0.25) is 0 Å². The predicted octanol–water partition coefficient (Wildman–Crippen LogP) is 2.08. The van der Waals surface area contributed by atoms with Gasteiger partial charge in [-0.1, -0.05) is 6.07 Å². The van der Waals surface area contributed by atoms with Crippen molar-refractivity contribution in [1.29, 1.82) is 0 Å². The number of carbonyl (C=O) groups is 2. The van der Waals surface area contributed by atoms with Crippen LogP contribution >= 0.6 is 11.3 Å². The Bertz CT molecular complexity index is 753. The zero-order chi connectivity index (χ0) is 16.6. The van der Waals surface area contributed by atoms with Crippen LogP contribution in [0.15, 0.2) is 17.5 Å². The molecule has 0 bridgehead atoms. The normalized spacial score (nSPS) is 15.8. The summed E-state index contributed by atoms with van der Waals surface area (Å²) in [5.41, 5.74) is 3.34. The molecule has 0 unspecified atom stereocenters. The highest BCUT2D eigenvalue weighted by molar-refractivity contribution is 7.09. The Kier molecular flexibility index (Phi) is 4.04. The number of thiazole rings is 1. The van der Waals surface area contributed by atoms with E-state index < -0.39 is 12.1 Å². The van der Waals surface area contributed by atoms with Crippen LogP contribution < -0.4 is 10.1 Å². The molecule has 23 heavy (non-hydrogen) atoms. The Balaban J connectivity index is 1.60. The first-order valence-electron chi connectivity index (χ1n) is 7.16. The fourth-order valence-electron chi connectivity index (χ4n) is 2.43. The molecule has 1 atom stereocenters. The molecule has 0 radical (unpaired) electrons. The SMILES string of the molecule is Cc1cc2c(cc1C)O[C@@H](C(=O)NCc1nc(C(=O)O)cs1)C2. The molecular weight excluding hydrogens is 316 g/mol. The minimum absolute atomic E-state index is 0.00489. The van der Waals surface area contributed by atoms with Crippen molar-refractivity contribution in [2.45, 2.75) is 32.9 Å². The van der Waals surface area contributed by atoms with Gasteiger partial charge in [0.1, 0.15) is 10.8 Å². The number of rotatable bonds is 4. The van der Waals surface area contributed by atoms with Gasteiger partial charge in [0, 0.05) is 11.8 Å². The molecule has 120 valence electrons. The van der Waals surface area contributed by atoms with E-state index in [1.54, 1.807) is 0 Å². The largest absolute Gasteiger partial charge is 0.480 e. The molecule has 0 saturated heterocycles. The first-order chi connectivity index (χ1) is 10.9. The lowest BCUT2D eigenvalue weighted by atomic mass is 10.0. The smallest absolute Gasteiger partial charge is 0.355 e. The topological polar surface area (TPSA) is 88.5 Å². The van der Waals surface area contributed by atoms with Gasteiger partial charge in [-0.25, -0.2) is 9.78 Å². The molecule has 7 heteroatoms. The lowest BCUT2D eigenvalue weighted by Gasteiger charge is -2.10. The van der Waals surface area contributed by atoms with Gasteiger partial charge in [-0.2, -0.15) is 0 Å². The number of amides is 1. The number of aromatic carboxylic acids is 1. The van der Waals surface area contributed by atoms with E-state index >= 15 is 0 Å². The van der Waals surface area contributed by atoms with Gasteiger partial charge in [0.05, 0.1) is 6.54 Å². The molecule has 0 saturated carbocycles. The van der Waals surface area contributed by atoms with E-state index in [1.807, 2.05) is 19.9 Å². The highest BCUT2D eigenvalue weighted by Crippen LogP contribution is 2.31. The molecular formula is C16H16N2O4S. The third-order valence-corrected chi connectivity index (χ3v) is 4.68. The maximum Gasteiger partial charge on any atom is 0.355 e. The number of carboxylic acid groups (broad SMARTS) is 1. The van der Waals surface area contributed by atoms with E-state index in [9.17, 15) is 9.59 Å². The molecule has 6 nitrogen and oxygen atoms in total. The zero-order valence-electron chi connectivity index (χ0n) is 12.8. The van der Waals surface area contributed by atoms with Crippen LogP contribution in [0.4, 0.5) is 0 Å². The minimum Gasteiger partial charge on any atom is -0.480 e. The monoisotopic (exact) mass is 332 g/mol. The van der Waals surface area contributed by atoms with Gasteiger partial charge in [0.15, 0.2) is 11.8 Å². The summed E-state index contributed by atoms with van der Waals surface area (Å²) in [6.07, 6.45) is -0.00863. The van der Waals surface area contributed by atoms with E-state index in [0.717, 1.165) is 16.9 Å². The average molecular weight is 332 g/mol. The molecule has 1 aromatic carbocycles. The molecule has 0 spiro atoms. The van der Waals surface area contributed by atoms with Gasteiger partial charge in [-0.05, 0) is 36.6 Å². The summed E-state index contributed by atoms with van der Waals surface area (Å²) in [5, 5.41) is 13.6. The number of ether oxygens (including phenoxy) is 1. The minimum atomic E-state index is -1.07. The molecule has 3 rings (SSSR count). The van der Waals surface area contributed by atoms with Crippen molar-refractivity contribution in [3.63, 3.8) is 0 Å². The number of hydrogen-bond donors (Lipinski definition) is 2. The predicted molar refractivity (Wildman–Crippen MR) is 85.0 cm³/mol. The number of carbonyl (C=O) groups excluding carboxylic acids is 1. The molecule has 2 N–H and O–H groups in total. The van der Waals surface area contributed by atoms with Crippen molar-refractivity contribution in [2.24, 2.45) is 0 Å². The van der Waals surface area contributed by atoms with Crippen LogP contribution in [0.2, 0.25) is 0 Å². The second kappa shape index (κ2) is 6.00. The molecule has 1 amide bonds. The van der Waals surface area contributed by atoms with Crippen LogP contribution in [-0.2, 0) is 17.8 Å². The Labute approximate surface area is 137 Å². The molecule has 2 heterocycles. The Morgan fingerprint density at radius 2 is 2.13 bits per heavy atom. The van der Waals surface area contributed by atoms with Gasteiger partial charge < -0.3 is 15.2 Å². The summed E-state index contributed by atoms with van der Waals surface area (Å²) in [7, 11) is 0. The fourth-order valence-corrected chi connectivity index (χ4v) is 3.13. The summed E-state index contributed by atoms with van der Waals surface area (Å²) >= 11 is 1.21. The summed E-state index contributed by atoms with van der Waals surface area (Å²) < 4.78 is 5.71. The molecule has 2 aromatic rings. The number of fused-ring (bicyclic) bond motifs is 1. The third-order valence-electron chi connectivity index (χ3n) is 3.83. The second-order valence-corrected chi connectivity index (χ2v) is 6.45. The summed E-state index contributed by atoms with van der Waals surface area (Å²) in [6, 6.07) is 4.01. The van der Waals surface area contributed by atoms with E-state index in [0.29, 0.717) is 11.4 Å². The molecule has 0 fully saturated rings. The van der Waals surface area contributed by atoms with Gasteiger partial charge in [0.25, 0.3) is 5.91 Å². The Hall–Kier alpha value is -2.41. The van der Waals surface area contributed by atoms with Crippen molar-refractivity contribution in [1.82, 2.24) is 10.3 Å². The fraction of sp³-hybridized carbons (Fsp3) is 0.312. The van der Waals surface area contributed by atoms with E-state index in [2.05, 4.69) is 16.4 Å². The summed E-state index contributed by atoms with van der Waals surface area (Å²) in [6.45, 7) is 4.24. The number of nitrogens with zero attached hydrogens (tertiary/aromatic N) is 1.